The van der Waals surface area contributed by atoms with Gasteiger partial charge in [0.25, 0.3) is 0 Å². The molecule has 2 heteroatoms. The van der Waals surface area contributed by atoms with E-state index in [-0.39, 0.29) is 0 Å². The Labute approximate surface area is 111 Å². The highest BCUT2D eigenvalue weighted by Gasteiger charge is 2.12. The van der Waals surface area contributed by atoms with E-state index in [0.29, 0.717) is 0 Å². The van der Waals surface area contributed by atoms with Gasteiger partial charge in [0.05, 0.1) is 0 Å². The predicted octanol–water partition coefficient (Wildman–Crippen LogP) is 2.96. The van der Waals surface area contributed by atoms with Crippen molar-refractivity contribution in [2.24, 2.45) is 0 Å². The molecule has 18 heavy (non-hydrogen) atoms. The summed E-state index contributed by atoms with van der Waals surface area (Å²) >= 11 is 0. The number of hydrogen-bond acceptors (Lipinski definition) is 2. The number of aryl methyl sites for hydroxylation is 1. The average molecular weight is 246 g/mol. The van der Waals surface area contributed by atoms with Crippen LogP contribution in [-0.4, -0.2) is 31.1 Å². The SMILES string of the molecule is Cc1cccc(CN(C)CCC2CCCCN2)c1. The van der Waals surface area contributed by atoms with Crippen molar-refractivity contribution in [2.45, 2.75) is 45.2 Å². The van der Waals surface area contributed by atoms with Gasteiger partial charge in [0.1, 0.15) is 0 Å². The summed E-state index contributed by atoms with van der Waals surface area (Å²) in [5, 5.41) is 3.62. The molecule has 2 rings (SSSR count). The quantitative estimate of drug-likeness (QED) is 0.859. The summed E-state index contributed by atoms with van der Waals surface area (Å²) < 4.78 is 0. The molecule has 2 nitrogen and oxygen atoms in total. The Balaban J connectivity index is 1.72. The topological polar surface area (TPSA) is 15.3 Å². The number of nitrogens with one attached hydrogen (secondary N) is 1. The number of rotatable bonds is 5. The zero-order valence-corrected chi connectivity index (χ0v) is 11.8. The molecule has 0 aliphatic carbocycles. The highest BCUT2D eigenvalue weighted by molar-refractivity contribution is 5.21. The Hall–Kier alpha value is -0.860. The minimum absolute atomic E-state index is 0.749. The molecule has 1 N–H and O–H groups in total. The maximum atomic E-state index is 3.62. The molecule has 1 aromatic rings. The summed E-state index contributed by atoms with van der Waals surface area (Å²) in [4.78, 5) is 2.44. The lowest BCUT2D eigenvalue weighted by Gasteiger charge is -2.26. The molecule has 100 valence electrons. The summed E-state index contributed by atoms with van der Waals surface area (Å²) in [5.41, 5.74) is 2.78. The van der Waals surface area contributed by atoms with Crippen molar-refractivity contribution in [1.82, 2.24) is 10.2 Å². The van der Waals surface area contributed by atoms with Crippen LogP contribution in [0.2, 0.25) is 0 Å². The Bertz CT molecular complexity index is 356. The van der Waals surface area contributed by atoms with E-state index in [9.17, 15) is 0 Å². The average Bonchev–Trinajstić information content (AvgIpc) is 2.38. The second kappa shape index (κ2) is 6.91. The van der Waals surface area contributed by atoms with Crippen LogP contribution in [0, 0.1) is 6.92 Å². The van der Waals surface area contributed by atoms with Crippen LogP contribution >= 0.6 is 0 Å². The van der Waals surface area contributed by atoms with E-state index in [1.165, 1.54) is 49.9 Å². The van der Waals surface area contributed by atoms with Crippen LogP contribution in [0.15, 0.2) is 24.3 Å². The van der Waals surface area contributed by atoms with Crippen molar-refractivity contribution >= 4 is 0 Å². The fourth-order valence-electron chi connectivity index (χ4n) is 2.75. The molecule has 0 spiro atoms. The first-order valence-corrected chi connectivity index (χ1v) is 7.21. The van der Waals surface area contributed by atoms with Crippen LogP contribution in [0.3, 0.4) is 0 Å². The Kier molecular flexibility index (Phi) is 5.21. The third-order valence-corrected chi connectivity index (χ3v) is 3.81. The molecule has 0 radical (unpaired) electrons. The fourth-order valence-corrected chi connectivity index (χ4v) is 2.75. The fraction of sp³-hybridized carbons (Fsp3) is 0.625. The zero-order chi connectivity index (χ0) is 12.8. The Morgan fingerprint density at radius 2 is 2.22 bits per heavy atom. The standard InChI is InChI=1S/C16H26N2/c1-14-6-5-7-15(12-14)13-18(2)11-9-16-8-3-4-10-17-16/h5-7,12,16-17H,3-4,8-11,13H2,1-2H3. The molecule has 1 heterocycles. The van der Waals surface area contributed by atoms with Crippen LogP contribution in [0.25, 0.3) is 0 Å². The van der Waals surface area contributed by atoms with Gasteiger partial charge in [-0.1, -0.05) is 36.2 Å². The monoisotopic (exact) mass is 246 g/mol. The van der Waals surface area contributed by atoms with Crippen LogP contribution < -0.4 is 5.32 Å². The van der Waals surface area contributed by atoms with Crippen molar-refractivity contribution < 1.29 is 0 Å². The molecule has 0 bridgehead atoms. The number of benzene rings is 1. The first-order valence-electron chi connectivity index (χ1n) is 7.21. The first kappa shape index (κ1) is 13.6. The van der Waals surface area contributed by atoms with Gasteiger partial charge in [0.2, 0.25) is 0 Å². The molecule has 0 amide bonds. The lowest BCUT2D eigenvalue weighted by Crippen LogP contribution is -2.36. The van der Waals surface area contributed by atoms with E-state index in [4.69, 9.17) is 0 Å². The summed E-state index contributed by atoms with van der Waals surface area (Å²) in [6.45, 7) is 5.63. The molecule has 1 fully saturated rings. The van der Waals surface area contributed by atoms with Crippen molar-refractivity contribution in [1.29, 1.82) is 0 Å². The van der Waals surface area contributed by atoms with Gasteiger partial charge in [-0.15, -0.1) is 0 Å². The summed E-state index contributed by atoms with van der Waals surface area (Å²) in [7, 11) is 2.23. The van der Waals surface area contributed by atoms with Gasteiger partial charge in [0, 0.05) is 12.6 Å². The van der Waals surface area contributed by atoms with E-state index >= 15 is 0 Å². The summed E-state index contributed by atoms with van der Waals surface area (Å²) in [6.07, 6.45) is 5.40. The van der Waals surface area contributed by atoms with Gasteiger partial charge in [-0.05, 0) is 51.9 Å². The second-order valence-electron chi connectivity index (χ2n) is 5.66. The van der Waals surface area contributed by atoms with Gasteiger partial charge >= 0.3 is 0 Å². The lowest BCUT2D eigenvalue weighted by molar-refractivity contribution is 0.282. The lowest BCUT2D eigenvalue weighted by atomic mass is 10.0. The van der Waals surface area contributed by atoms with Crippen LogP contribution in [0.1, 0.15) is 36.8 Å². The van der Waals surface area contributed by atoms with Crippen LogP contribution in [-0.2, 0) is 6.54 Å². The molecule has 1 atom stereocenters. The first-order chi connectivity index (χ1) is 8.74. The number of piperidine rings is 1. The molecule has 0 aromatic heterocycles. The molecular formula is C16H26N2. The van der Waals surface area contributed by atoms with E-state index < -0.39 is 0 Å². The largest absolute Gasteiger partial charge is 0.314 e. The zero-order valence-electron chi connectivity index (χ0n) is 11.8. The normalized spacial score (nSPS) is 20.3. The van der Waals surface area contributed by atoms with E-state index in [2.05, 4.69) is 48.5 Å². The molecule has 1 unspecified atom stereocenters. The van der Waals surface area contributed by atoms with E-state index in [1.807, 2.05) is 0 Å². The second-order valence-corrected chi connectivity index (χ2v) is 5.66. The predicted molar refractivity (Wildman–Crippen MR) is 77.8 cm³/mol. The highest BCUT2D eigenvalue weighted by Crippen LogP contribution is 2.12. The van der Waals surface area contributed by atoms with Gasteiger partial charge in [-0.2, -0.15) is 0 Å². The van der Waals surface area contributed by atoms with Gasteiger partial charge < -0.3 is 10.2 Å². The van der Waals surface area contributed by atoms with Gasteiger partial charge in [-0.3, -0.25) is 0 Å². The number of hydrogen-bond donors (Lipinski definition) is 1. The number of nitrogens with zero attached hydrogens (tertiary/aromatic N) is 1. The van der Waals surface area contributed by atoms with E-state index in [0.717, 1.165) is 12.6 Å². The molecular weight excluding hydrogens is 220 g/mol. The molecule has 1 saturated heterocycles. The molecule has 1 aliphatic heterocycles. The minimum Gasteiger partial charge on any atom is -0.314 e. The Morgan fingerprint density at radius 3 is 2.94 bits per heavy atom. The van der Waals surface area contributed by atoms with Crippen LogP contribution in [0.4, 0.5) is 0 Å². The van der Waals surface area contributed by atoms with Gasteiger partial charge in [-0.25, -0.2) is 0 Å². The van der Waals surface area contributed by atoms with Crippen LogP contribution in [0.5, 0.6) is 0 Å². The highest BCUT2D eigenvalue weighted by atomic mass is 15.1. The van der Waals surface area contributed by atoms with Crippen molar-refractivity contribution in [3.05, 3.63) is 35.4 Å². The third kappa shape index (κ3) is 4.43. The van der Waals surface area contributed by atoms with Gasteiger partial charge in [0.15, 0.2) is 0 Å². The summed E-state index contributed by atoms with van der Waals surface area (Å²) in [5.74, 6) is 0. The maximum absolute atomic E-state index is 3.62. The molecule has 1 aliphatic rings. The van der Waals surface area contributed by atoms with Crippen molar-refractivity contribution in [3.8, 4) is 0 Å². The molecule has 0 saturated carbocycles. The van der Waals surface area contributed by atoms with E-state index in [1.54, 1.807) is 0 Å². The van der Waals surface area contributed by atoms with Crippen molar-refractivity contribution in [3.63, 3.8) is 0 Å². The Morgan fingerprint density at radius 1 is 1.33 bits per heavy atom. The minimum atomic E-state index is 0.749. The maximum Gasteiger partial charge on any atom is 0.0230 e. The smallest absolute Gasteiger partial charge is 0.0230 e. The third-order valence-electron chi connectivity index (χ3n) is 3.81. The molecule has 1 aromatic carbocycles. The van der Waals surface area contributed by atoms with Crippen molar-refractivity contribution in [2.75, 3.05) is 20.1 Å². The summed E-state index contributed by atoms with van der Waals surface area (Å²) in [6, 6.07) is 9.58.